The molecule has 68 valence electrons. The van der Waals surface area contributed by atoms with Gasteiger partial charge in [-0.2, -0.15) is 0 Å². The molecule has 0 aromatic carbocycles. The van der Waals surface area contributed by atoms with E-state index in [0.717, 1.165) is 0 Å². The molecule has 0 atom stereocenters. The van der Waals surface area contributed by atoms with E-state index in [9.17, 15) is 4.79 Å². The minimum atomic E-state index is -1.09. The van der Waals surface area contributed by atoms with Gasteiger partial charge in [0.1, 0.15) is 19.0 Å². The lowest BCUT2D eigenvalue weighted by Crippen LogP contribution is -1.93. The average molecular weight is 180 g/mol. The van der Waals surface area contributed by atoms with Crippen LogP contribution in [0.3, 0.4) is 0 Å². The first-order valence-electron chi connectivity index (χ1n) is 3.57. The molecule has 1 aromatic heterocycles. The summed E-state index contributed by atoms with van der Waals surface area (Å²) < 4.78 is 9.84. The van der Waals surface area contributed by atoms with Crippen molar-refractivity contribution in [2.45, 2.75) is 6.61 Å². The second kappa shape index (κ2) is 4.33. The summed E-state index contributed by atoms with van der Waals surface area (Å²) in [7, 11) is 0. The highest BCUT2D eigenvalue weighted by atomic mass is 16.5. The first-order chi connectivity index (χ1) is 6.24. The first-order valence-corrected chi connectivity index (χ1v) is 3.57. The number of furan rings is 1. The van der Waals surface area contributed by atoms with Crippen molar-refractivity contribution in [3.8, 4) is 12.3 Å². The maximum atomic E-state index is 10.4. The molecule has 0 aliphatic carbocycles. The van der Waals surface area contributed by atoms with Crippen LogP contribution in [0, 0.1) is 12.3 Å². The Morgan fingerprint density at radius 3 is 3.00 bits per heavy atom. The van der Waals surface area contributed by atoms with Gasteiger partial charge >= 0.3 is 5.97 Å². The molecule has 1 heterocycles. The van der Waals surface area contributed by atoms with Gasteiger partial charge in [-0.25, -0.2) is 4.79 Å². The van der Waals surface area contributed by atoms with Crippen LogP contribution in [0.5, 0.6) is 0 Å². The molecule has 1 rings (SSSR count). The quantitative estimate of drug-likeness (QED) is 0.557. The number of terminal acetylenes is 1. The molecule has 4 heteroatoms. The molecule has 0 saturated heterocycles. The summed E-state index contributed by atoms with van der Waals surface area (Å²) in [5.74, 6) is 1.55. The van der Waals surface area contributed by atoms with Crippen LogP contribution in [0.4, 0.5) is 0 Å². The minimum Gasteiger partial charge on any atom is -0.475 e. The molecule has 0 amide bonds. The van der Waals surface area contributed by atoms with Gasteiger partial charge in [-0.15, -0.1) is 6.42 Å². The van der Waals surface area contributed by atoms with Gasteiger partial charge in [0, 0.05) is 0 Å². The van der Waals surface area contributed by atoms with Crippen LogP contribution in [0.2, 0.25) is 0 Å². The van der Waals surface area contributed by atoms with Crippen LogP contribution in [-0.4, -0.2) is 17.7 Å². The Balaban J connectivity index is 2.50. The number of carboxylic acid groups (broad SMARTS) is 1. The zero-order valence-electron chi connectivity index (χ0n) is 6.82. The molecule has 0 unspecified atom stereocenters. The molecule has 1 aromatic rings. The average Bonchev–Trinajstić information content (AvgIpc) is 2.53. The van der Waals surface area contributed by atoms with E-state index in [-0.39, 0.29) is 19.0 Å². The number of aromatic carboxylic acids is 1. The lowest BCUT2D eigenvalue weighted by molar-refractivity contribution is 0.0652. The van der Waals surface area contributed by atoms with Crippen LogP contribution in [0.1, 0.15) is 16.3 Å². The summed E-state index contributed by atoms with van der Waals surface area (Å²) in [6.45, 7) is 0.376. The molecule has 0 aliphatic rings. The molecule has 0 radical (unpaired) electrons. The van der Waals surface area contributed by atoms with E-state index in [1.165, 1.54) is 6.07 Å². The summed E-state index contributed by atoms with van der Waals surface area (Å²) in [5.41, 5.74) is 0. The zero-order valence-corrected chi connectivity index (χ0v) is 6.82. The molecule has 1 N–H and O–H groups in total. The second-order valence-corrected chi connectivity index (χ2v) is 2.27. The molecular weight excluding hydrogens is 172 g/mol. The van der Waals surface area contributed by atoms with Crippen molar-refractivity contribution in [3.63, 3.8) is 0 Å². The summed E-state index contributed by atoms with van der Waals surface area (Å²) >= 11 is 0. The molecule has 0 saturated carbocycles. The summed E-state index contributed by atoms with van der Waals surface area (Å²) in [4.78, 5) is 10.4. The molecular formula is C9H8O4. The molecule has 0 aliphatic heterocycles. The highest BCUT2D eigenvalue weighted by Gasteiger charge is 2.08. The Morgan fingerprint density at radius 1 is 1.69 bits per heavy atom. The largest absolute Gasteiger partial charge is 0.475 e. The third-order valence-corrected chi connectivity index (χ3v) is 1.30. The first kappa shape index (κ1) is 9.36. The van der Waals surface area contributed by atoms with Crippen molar-refractivity contribution in [1.29, 1.82) is 0 Å². The van der Waals surface area contributed by atoms with Gasteiger partial charge < -0.3 is 14.3 Å². The highest BCUT2D eigenvalue weighted by molar-refractivity contribution is 5.84. The van der Waals surface area contributed by atoms with Crippen molar-refractivity contribution in [2.75, 3.05) is 6.61 Å². The number of hydrogen-bond donors (Lipinski definition) is 1. The normalized spacial score (nSPS) is 9.46. The third kappa shape index (κ3) is 2.65. The fourth-order valence-corrected chi connectivity index (χ4v) is 0.781. The highest BCUT2D eigenvalue weighted by Crippen LogP contribution is 2.08. The Hall–Kier alpha value is -1.73. The maximum Gasteiger partial charge on any atom is 0.371 e. The molecule has 0 spiro atoms. The van der Waals surface area contributed by atoms with E-state index in [0.29, 0.717) is 5.76 Å². The maximum absolute atomic E-state index is 10.4. The topological polar surface area (TPSA) is 59.7 Å². The van der Waals surface area contributed by atoms with E-state index >= 15 is 0 Å². The van der Waals surface area contributed by atoms with Crippen LogP contribution in [-0.2, 0) is 11.3 Å². The number of rotatable bonds is 4. The molecule has 13 heavy (non-hydrogen) atoms. The fourth-order valence-electron chi connectivity index (χ4n) is 0.781. The van der Waals surface area contributed by atoms with E-state index < -0.39 is 5.97 Å². The molecule has 0 fully saturated rings. The van der Waals surface area contributed by atoms with Gasteiger partial charge in [0.2, 0.25) is 5.76 Å². The van der Waals surface area contributed by atoms with Gasteiger partial charge in [-0.1, -0.05) is 5.92 Å². The number of carboxylic acids is 1. The van der Waals surface area contributed by atoms with E-state index in [1.807, 2.05) is 0 Å². The predicted molar refractivity (Wildman–Crippen MR) is 44.2 cm³/mol. The van der Waals surface area contributed by atoms with Crippen molar-refractivity contribution in [3.05, 3.63) is 23.7 Å². The van der Waals surface area contributed by atoms with Crippen molar-refractivity contribution in [1.82, 2.24) is 0 Å². The van der Waals surface area contributed by atoms with E-state index in [4.69, 9.17) is 20.7 Å². The lowest BCUT2D eigenvalue weighted by Gasteiger charge is -1.94. The Labute approximate surface area is 75.1 Å². The van der Waals surface area contributed by atoms with Crippen LogP contribution in [0.25, 0.3) is 0 Å². The van der Waals surface area contributed by atoms with Crippen molar-refractivity contribution in [2.24, 2.45) is 0 Å². The van der Waals surface area contributed by atoms with Crippen LogP contribution >= 0.6 is 0 Å². The van der Waals surface area contributed by atoms with Gasteiger partial charge in [0.25, 0.3) is 0 Å². The van der Waals surface area contributed by atoms with Gasteiger partial charge in [0.15, 0.2) is 0 Å². The van der Waals surface area contributed by atoms with Gasteiger partial charge in [0.05, 0.1) is 0 Å². The Kier molecular flexibility index (Phi) is 3.12. The van der Waals surface area contributed by atoms with Crippen molar-refractivity contribution >= 4 is 5.97 Å². The third-order valence-electron chi connectivity index (χ3n) is 1.30. The standard InChI is InChI=1S/C9H8O4/c1-2-5-12-6-7-3-4-8(13-7)9(10)11/h1,3-4H,5-6H2,(H,10,11). The smallest absolute Gasteiger partial charge is 0.371 e. The Bertz CT molecular complexity index is 332. The summed E-state index contributed by atoms with van der Waals surface area (Å²) in [6, 6.07) is 2.91. The number of hydrogen-bond acceptors (Lipinski definition) is 3. The minimum absolute atomic E-state index is 0.0979. The molecule has 4 nitrogen and oxygen atoms in total. The van der Waals surface area contributed by atoms with Crippen LogP contribution in [0.15, 0.2) is 16.5 Å². The van der Waals surface area contributed by atoms with E-state index in [1.54, 1.807) is 6.07 Å². The van der Waals surface area contributed by atoms with E-state index in [2.05, 4.69) is 5.92 Å². The number of ether oxygens (including phenoxy) is 1. The predicted octanol–water partition coefficient (Wildman–Crippen LogP) is 1.13. The Morgan fingerprint density at radius 2 is 2.46 bits per heavy atom. The van der Waals surface area contributed by atoms with Crippen molar-refractivity contribution < 1.29 is 19.1 Å². The second-order valence-electron chi connectivity index (χ2n) is 2.27. The summed E-state index contributed by atoms with van der Waals surface area (Å²) in [5, 5.41) is 8.50. The van der Waals surface area contributed by atoms with Gasteiger partial charge in [-0.05, 0) is 12.1 Å². The fraction of sp³-hybridized carbons (Fsp3) is 0.222. The van der Waals surface area contributed by atoms with Crippen LogP contribution < -0.4 is 0 Å². The van der Waals surface area contributed by atoms with Gasteiger partial charge in [-0.3, -0.25) is 0 Å². The SMILES string of the molecule is C#CCOCc1ccc(C(=O)O)o1. The zero-order chi connectivity index (χ0) is 9.68. The monoisotopic (exact) mass is 180 g/mol. The lowest BCUT2D eigenvalue weighted by atomic mass is 10.4. The number of carbonyl (C=O) groups is 1. The summed E-state index contributed by atoms with van der Waals surface area (Å²) in [6.07, 6.45) is 4.95. The molecule has 0 bridgehead atoms.